The topological polar surface area (TPSA) is 67.8 Å². The summed E-state index contributed by atoms with van der Waals surface area (Å²) in [4.78, 5) is 10.9. The molecular formula is C18H20ClNO4. The highest BCUT2D eigenvalue weighted by atomic mass is 35.5. The van der Waals surface area contributed by atoms with Gasteiger partial charge in [-0.3, -0.25) is 4.79 Å². The van der Waals surface area contributed by atoms with Crippen molar-refractivity contribution in [1.29, 1.82) is 0 Å². The normalized spacial score (nSPS) is 11.8. The van der Waals surface area contributed by atoms with Crippen LogP contribution in [0.15, 0.2) is 48.5 Å². The van der Waals surface area contributed by atoms with Gasteiger partial charge in [0, 0.05) is 17.6 Å². The maximum Gasteiger partial charge on any atom is 0.221 e. The number of benzene rings is 2. The molecule has 0 saturated heterocycles. The first-order chi connectivity index (χ1) is 11.5. The highest BCUT2D eigenvalue weighted by Gasteiger charge is 2.06. The highest BCUT2D eigenvalue weighted by Crippen LogP contribution is 2.16. The molecule has 5 nitrogen and oxygen atoms in total. The molecule has 128 valence electrons. The number of aliphatic hydroxyl groups excluding tert-OH is 1. The van der Waals surface area contributed by atoms with Gasteiger partial charge < -0.3 is 19.9 Å². The van der Waals surface area contributed by atoms with E-state index in [2.05, 4.69) is 5.32 Å². The van der Waals surface area contributed by atoms with E-state index in [1.165, 1.54) is 6.92 Å². The zero-order valence-corrected chi connectivity index (χ0v) is 14.1. The Morgan fingerprint density at radius 1 is 1.12 bits per heavy atom. The van der Waals surface area contributed by atoms with Crippen LogP contribution in [0.4, 0.5) is 5.69 Å². The van der Waals surface area contributed by atoms with Crippen molar-refractivity contribution < 1.29 is 19.4 Å². The Hall–Kier alpha value is -2.08. The van der Waals surface area contributed by atoms with Crippen LogP contribution >= 0.6 is 11.6 Å². The molecule has 6 heteroatoms. The van der Waals surface area contributed by atoms with Gasteiger partial charge in [0.25, 0.3) is 0 Å². The molecule has 0 saturated carbocycles. The average Bonchev–Trinajstić information content (AvgIpc) is 2.55. The summed E-state index contributed by atoms with van der Waals surface area (Å²) < 4.78 is 10.9. The van der Waals surface area contributed by atoms with Crippen molar-refractivity contribution in [2.75, 3.05) is 18.5 Å². The van der Waals surface area contributed by atoms with E-state index >= 15 is 0 Å². The van der Waals surface area contributed by atoms with Crippen LogP contribution in [-0.4, -0.2) is 30.3 Å². The Balaban J connectivity index is 1.68. The van der Waals surface area contributed by atoms with Gasteiger partial charge in [-0.2, -0.15) is 0 Å². The minimum absolute atomic E-state index is 0.125. The number of amides is 1. The monoisotopic (exact) mass is 349 g/mol. The summed E-state index contributed by atoms with van der Waals surface area (Å²) in [5, 5.41) is 13.2. The first-order valence-electron chi connectivity index (χ1n) is 7.53. The molecule has 0 aliphatic heterocycles. The van der Waals surface area contributed by atoms with E-state index in [9.17, 15) is 9.90 Å². The summed E-state index contributed by atoms with van der Waals surface area (Å²) >= 11 is 5.81. The lowest BCUT2D eigenvalue weighted by atomic mass is 10.2. The lowest BCUT2D eigenvalue weighted by Gasteiger charge is -2.13. The molecule has 0 heterocycles. The molecule has 1 amide bonds. The van der Waals surface area contributed by atoms with Gasteiger partial charge in [-0.15, -0.1) is 0 Å². The predicted molar refractivity (Wildman–Crippen MR) is 93.4 cm³/mol. The van der Waals surface area contributed by atoms with E-state index in [4.69, 9.17) is 21.1 Å². The van der Waals surface area contributed by atoms with E-state index in [1.807, 2.05) is 12.1 Å². The van der Waals surface area contributed by atoms with Gasteiger partial charge in [0.15, 0.2) is 0 Å². The van der Waals surface area contributed by atoms with Crippen LogP contribution in [0.5, 0.6) is 5.75 Å². The molecule has 0 aliphatic rings. The van der Waals surface area contributed by atoms with Crippen molar-refractivity contribution in [3.8, 4) is 5.75 Å². The Bertz CT molecular complexity index is 643. The van der Waals surface area contributed by atoms with Gasteiger partial charge in [0.2, 0.25) is 5.91 Å². The average molecular weight is 350 g/mol. The van der Waals surface area contributed by atoms with E-state index in [-0.39, 0.29) is 19.1 Å². The van der Waals surface area contributed by atoms with Crippen LogP contribution in [-0.2, 0) is 16.1 Å². The third-order valence-electron chi connectivity index (χ3n) is 3.11. The molecule has 1 unspecified atom stereocenters. The Morgan fingerprint density at radius 3 is 2.42 bits per heavy atom. The van der Waals surface area contributed by atoms with E-state index < -0.39 is 6.10 Å². The fourth-order valence-corrected chi connectivity index (χ4v) is 2.10. The van der Waals surface area contributed by atoms with Crippen molar-refractivity contribution in [2.24, 2.45) is 0 Å². The molecule has 0 radical (unpaired) electrons. The number of carbonyl (C=O) groups is 1. The molecule has 0 fully saturated rings. The molecule has 0 aliphatic carbocycles. The minimum atomic E-state index is -0.729. The molecule has 0 spiro atoms. The highest BCUT2D eigenvalue weighted by molar-refractivity contribution is 6.30. The van der Waals surface area contributed by atoms with Gasteiger partial charge in [0.05, 0.1) is 13.2 Å². The smallest absolute Gasteiger partial charge is 0.221 e. The molecule has 24 heavy (non-hydrogen) atoms. The summed E-state index contributed by atoms with van der Waals surface area (Å²) in [5.41, 5.74) is 1.68. The molecule has 2 aromatic carbocycles. The molecular weight excluding hydrogens is 330 g/mol. The molecule has 2 aromatic rings. The number of halogens is 1. The third-order valence-corrected chi connectivity index (χ3v) is 3.36. The Kier molecular flexibility index (Phi) is 7.06. The Morgan fingerprint density at radius 2 is 1.79 bits per heavy atom. The number of hydrogen-bond donors (Lipinski definition) is 2. The molecule has 1 atom stereocenters. The second-order valence-electron chi connectivity index (χ2n) is 5.31. The summed E-state index contributed by atoms with van der Waals surface area (Å²) in [6, 6.07) is 14.3. The number of anilines is 1. The molecule has 2 N–H and O–H groups in total. The van der Waals surface area contributed by atoms with Crippen LogP contribution in [0.25, 0.3) is 0 Å². The van der Waals surface area contributed by atoms with Crippen LogP contribution in [0.1, 0.15) is 12.5 Å². The molecule has 0 aromatic heterocycles. The predicted octanol–water partition coefficient (Wildman–Crippen LogP) is 3.25. The van der Waals surface area contributed by atoms with Gasteiger partial charge >= 0.3 is 0 Å². The zero-order valence-electron chi connectivity index (χ0n) is 13.4. The van der Waals surface area contributed by atoms with Crippen molar-refractivity contribution in [2.45, 2.75) is 19.6 Å². The SMILES string of the molecule is CC(=O)Nc1ccc(OCC(O)COCc2ccc(Cl)cc2)cc1. The second kappa shape index (κ2) is 9.27. The number of carbonyl (C=O) groups excluding carboxylic acids is 1. The summed E-state index contributed by atoms with van der Waals surface area (Å²) in [5.74, 6) is 0.484. The van der Waals surface area contributed by atoms with Crippen LogP contribution < -0.4 is 10.1 Å². The quantitative estimate of drug-likeness (QED) is 0.767. The van der Waals surface area contributed by atoms with E-state index in [1.54, 1.807) is 36.4 Å². The standard InChI is InChI=1S/C18H20ClNO4/c1-13(21)20-16-6-8-18(9-7-16)24-12-17(22)11-23-10-14-2-4-15(19)5-3-14/h2-9,17,22H,10-12H2,1H3,(H,20,21). The maximum atomic E-state index is 10.9. The van der Waals surface area contributed by atoms with Crippen LogP contribution in [0.3, 0.4) is 0 Å². The number of rotatable bonds is 8. The maximum absolute atomic E-state index is 10.9. The van der Waals surface area contributed by atoms with E-state index in [0.717, 1.165) is 5.56 Å². The number of ether oxygens (including phenoxy) is 2. The van der Waals surface area contributed by atoms with Crippen molar-refractivity contribution in [3.05, 3.63) is 59.1 Å². The number of hydrogen-bond acceptors (Lipinski definition) is 4. The van der Waals surface area contributed by atoms with Gasteiger partial charge in [-0.05, 0) is 42.0 Å². The van der Waals surface area contributed by atoms with E-state index in [0.29, 0.717) is 23.1 Å². The first-order valence-corrected chi connectivity index (χ1v) is 7.91. The molecule has 2 rings (SSSR count). The van der Waals surface area contributed by atoms with Crippen LogP contribution in [0, 0.1) is 0 Å². The number of aliphatic hydroxyl groups is 1. The lowest BCUT2D eigenvalue weighted by Crippen LogP contribution is -2.23. The third kappa shape index (κ3) is 6.58. The van der Waals surface area contributed by atoms with Gasteiger partial charge in [0.1, 0.15) is 18.5 Å². The van der Waals surface area contributed by atoms with Crippen molar-refractivity contribution in [3.63, 3.8) is 0 Å². The molecule has 0 bridgehead atoms. The lowest BCUT2D eigenvalue weighted by molar-refractivity contribution is -0.114. The number of nitrogens with one attached hydrogen (secondary N) is 1. The van der Waals surface area contributed by atoms with Crippen LogP contribution in [0.2, 0.25) is 5.02 Å². The second-order valence-corrected chi connectivity index (χ2v) is 5.75. The summed E-state index contributed by atoms with van der Waals surface area (Å²) in [6.45, 7) is 2.15. The first kappa shape index (κ1) is 18.3. The largest absolute Gasteiger partial charge is 0.491 e. The summed E-state index contributed by atoms with van der Waals surface area (Å²) in [6.07, 6.45) is -0.729. The Labute approximate surface area is 146 Å². The fourth-order valence-electron chi connectivity index (χ4n) is 1.97. The van der Waals surface area contributed by atoms with Crippen molar-refractivity contribution >= 4 is 23.2 Å². The minimum Gasteiger partial charge on any atom is -0.491 e. The van der Waals surface area contributed by atoms with Gasteiger partial charge in [-0.25, -0.2) is 0 Å². The summed E-state index contributed by atoms with van der Waals surface area (Å²) in [7, 11) is 0. The van der Waals surface area contributed by atoms with Gasteiger partial charge in [-0.1, -0.05) is 23.7 Å². The fraction of sp³-hybridized carbons (Fsp3) is 0.278. The van der Waals surface area contributed by atoms with Crippen molar-refractivity contribution in [1.82, 2.24) is 0 Å². The zero-order chi connectivity index (χ0) is 17.4.